The Labute approximate surface area is 177 Å². The lowest BCUT2D eigenvalue weighted by Gasteiger charge is -2.11. The van der Waals surface area contributed by atoms with Gasteiger partial charge in [-0.05, 0) is 43.7 Å². The van der Waals surface area contributed by atoms with Crippen LogP contribution in [-0.2, 0) is 0 Å². The SMILES string of the molecule is CCN(C)/C=N\c1cc(Cl)c(Oc2snc(-c3cccc(F)c3)c2C#N)cc1C. The van der Waals surface area contributed by atoms with Crippen LogP contribution >= 0.6 is 23.1 Å². The molecule has 0 bridgehead atoms. The van der Waals surface area contributed by atoms with E-state index in [9.17, 15) is 9.65 Å². The van der Waals surface area contributed by atoms with Crippen LogP contribution < -0.4 is 4.74 Å². The van der Waals surface area contributed by atoms with E-state index < -0.39 is 5.82 Å². The van der Waals surface area contributed by atoms with Gasteiger partial charge in [-0.25, -0.2) is 9.38 Å². The number of nitriles is 1. The molecule has 0 atom stereocenters. The number of halogens is 2. The summed E-state index contributed by atoms with van der Waals surface area (Å²) in [5.74, 6) is 0.00305. The molecule has 1 heterocycles. The number of aryl methyl sites for hydroxylation is 1. The number of hydrogen-bond acceptors (Lipinski definition) is 5. The van der Waals surface area contributed by atoms with Crippen molar-refractivity contribution in [1.82, 2.24) is 9.27 Å². The zero-order chi connectivity index (χ0) is 21.0. The number of rotatable bonds is 6. The van der Waals surface area contributed by atoms with Crippen LogP contribution in [0.25, 0.3) is 11.3 Å². The Balaban J connectivity index is 1.92. The Kier molecular flexibility index (Phi) is 6.47. The molecule has 0 aliphatic heterocycles. The molecule has 0 N–H and O–H groups in total. The lowest BCUT2D eigenvalue weighted by atomic mass is 10.1. The molecular formula is C21H18ClFN4OS. The lowest BCUT2D eigenvalue weighted by molar-refractivity contribution is 0.495. The van der Waals surface area contributed by atoms with Gasteiger partial charge in [0.15, 0.2) is 0 Å². The highest BCUT2D eigenvalue weighted by molar-refractivity contribution is 7.08. The van der Waals surface area contributed by atoms with Crippen molar-refractivity contribution in [3.8, 4) is 28.1 Å². The minimum atomic E-state index is -0.398. The monoisotopic (exact) mass is 428 g/mol. The van der Waals surface area contributed by atoms with E-state index in [0.717, 1.165) is 29.3 Å². The summed E-state index contributed by atoms with van der Waals surface area (Å²) >= 11 is 7.40. The van der Waals surface area contributed by atoms with Crippen LogP contribution in [-0.4, -0.2) is 29.2 Å². The Morgan fingerprint density at radius 3 is 2.86 bits per heavy atom. The third kappa shape index (κ3) is 4.73. The molecule has 3 aromatic rings. The molecule has 8 heteroatoms. The molecule has 3 rings (SSSR count). The summed E-state index contributed by atoms with van der Waals surface area (Å²) < 4.78 is 23.7. The summed E-state index contributed by atoms with van der Waals surface area (Å²) in [6.07, 6.45) is 1.74. The van der Waals surface area contributed by atoms with Crippen LogP contribution in [0.4, 0.5) is 10.1 Å². The minimum absolute atomic E-state index is 0.237. The van der Waals surface area contributed by atoms with E-state index in [4.69, 9.17) is 16.3 Å². The molecule has 29 heavy (non-hydrogen) atoms. The predicted octanol–water partition coefficient (Wildman–Crippen LogP) is 6.19. The van der Waals surface area contributed by atoms with Crippen LogP contribution in [0.3, 0.4) is 0 Å². The molecule has 0 aliphatic carbocycles. The zero-order valence-electron chi connectivity index (χ0n) is 16.1. The fourth-order valence-corrected chi connectivity index (χ4v) is 3.41. The largest absolute Gasteiger partial charge is 0.442 e. The van der Waals surface area contributed by atoms with Gasteiger partial charge in [-0.3, -0.25) is 0 Å². The van der Waals surface area contributed by atoms with Crippen molar-refractivity contribution in [3.05, 3.63) is 58.4 Å². The van der Waals surface area contributed by atoms with Gasteiger partial charge in [0, 0.05) is 30.7 Å². The van der Waals surface area contributed by atoms with Gasteiger partial charge in [0.2, 0.25) is 5.06 Å². The number of aliphatic imine (C=N–C) groups is 1. The van der Waals surface area contributed by atoms with Crippen LogP contribution in [0.5, 0.6) is 10.8 Å². The first-order chi connectivity index (χ1) is 13.9. The topological polar surface area (TPSA) is 61.5 Å². The van der Waals surface area contributed by atoms with Crippen molar-refractivity contribution in [2.45, 2.75) is 13.8 Å². The molecule has 0 saturated carbocycles. The average molecular weight is 429 g/mol. The van der Waals surface area contributed by atoms with Crippen LogP contribution in [0, 0.1) is 24.1 Å². The summed E-state index contributed by atoms with van der Waals surface area (Å²) in [5, 5.41) is 10.3. The van der Waals surface area contributed by atoms with Crippen molar-refractivity contribution < 1.29 is 9.13 Å². The third-order valence-electron chi connectivity index (χ3n) is 4.22. The molecule has 0 unspecified atom stereocenters. The third-order valence-corrected chi connectivity index (χ3v) is 5.24. The standard InChI is InChI=1S/C21H18ClFN4OS/c1-4-27(3)12-25-18-10-17(22)19(8-13(18)2)28-21-16(11-24)20(26-29-21)14-6-5-7-15(23)9-14/h5-10,12H,4H2,1-3H3/b25-12-. The normalized spacial score (nSPS) is 10.9. The summed E-state index contributed by atoms with van der Waals surface area (Å²) in [6, 6.07) is 11.5. The molecule has 0 fully saturated rings. The number of benzene rings is 2. The van der Waals surface area contributed by atoms with E-state index in [0.29, 0.717) is 27.1 Å². The van der Waals surface area contributed by atoms with Crippen molar-refractivity contribution in [3.63, 3.8) is 0 Å². The fourth-order valence-electron chi connectivity index (χ4n) is 2.48. The van der Waals surface area contributed by atoms with Crippen LogP contribution in [0.1, 0.15) is 18.1 Å². The molecule has 2 aromatic carbocycles. The minimum Gasteiger partial charge on any atom is -0.442 e. The van der Waals surface area contributed by atoms with E-state index >= 15 is 0 Å². The van der Waals surface area contributed by atoms with Crippen LogP contribution in [0.15, 0.2) is 41.4 Å². The van der Waals surface area contributed by atoms with Gasteiger partial charge in [0.25, 0.3) is 0 Å². The number of ether oxygens (including phenoxy) is 1. The lowest BCUT2D eigenvalue weighted by Crippen LogP contribution is -2.14. The second-order valence-corrected chi connectivity index (χ2v) is 7.45. The fraction of sp³-hybridized carbons (Fsp3) is 0.190. The van der Waals surface area contributed by atoms with Gasteiger partial charge in [-0.1, -0.05) is 23.7 Å². The highest BCUT2D eigenvalue weighted by Gasteiger charge is 2.19. The summed E-state index contributed by atoms with van der Waals surface area (Å²) in [5.41, 5.74) is 2.73. The molecule has 0 aliphatic rings. The first-order valence-corrected chi connectivity index (χ1v) is 9.96. The molecule has 1 aromatic heterocycles. The Morgan fingerprint density at radius 2 is 2.17 bits per heavy atom. The maximum absolute atomic E-state index is 13.5. The van der Waals surface area contributed by atoms with Crippen molar-refractivity contribution in [1.29, 1.82) is 5.26 Å². The Morgan fingerprint density at radius 1 is 1.38 bits per heavy atom. The van der Waals surface area contributed by atoms with E-state index in [1.54, 1.807) is 30.6 Å². The van der Waals surface area contributed by atoms with E-state index in [2.05, 4.69) is 15.4 Å². The number of nitrogens with zero attached hydrogens (tertiary/aromatic N) is 4. The average Bonchev–Trinajstić information content (AvgIpc) is 3.11. The molecule has 0 amide bonds. The Hall–Kier alpha value is -2.95. The molecule has 0 saturated heterocycles. The summed E-state index contributed by atoms with van der Waals surface area (Å²) in [6.45, 7) is 4.77. The van der Waals surface area contributed by atoms with Crippen molar-refractivity contribution in [2.24, 2.45) is 4.99 Å². The maximum atomic E-state index is 13.5. The molecular weight excluding hydrogens is 411 g/mol. The predicted molar refractivity (Wildman–Crippen MR) is 115 cm³/mol. The highest BCUT2D eigenvalue weighted by atomic mass is 35.5. The van der Waals surface area contributed by atoms with Gasteiger partial charge >= 0.3 is 0 Å². The second kappa shape index (κ2) is 9.03. The highest BCUT2D eigenvalue weighted by Crippen LogP contribution is 2.40. The molecule has 5 nitrogen and oxygen atoms in total. The summed E-state index contributed by atoms with van der Waals surface area (Å²) in [7, 11) is 1.93. The van der Waals surface area contributed by atoms with Gasteiger partial charge in [-0.15, -0.1) is 0 Å². The van der Waals surface area contributed by atoms with Gasteiger partial charge < -0.3 is 9.64 Å². The van der Waals surface area contributed by atoms with Gasteiger partial charge in [0.05, 0.1) is 17.0 Å². The van der Waals surface area contributed by atoms with Gasteiger partial charge in [0.1, 0.15) is 28.9 Å². The van der Waals surface area contributed by atoms with Crippen LogP contribution in [0.2, 0.25) is 5.02 Å². The first-order valence-electron chi connectivity index (χ1n) is 8.81. The number of aromatic nitrogens is 1. The molecule has 148 valence electrons. The van der Waals surface area contributed by atoms with Crippen molar-refractivity contribution in [2.75, 3.05) is 13.6 Å². The molecule has 0 radical (unpaired) electrons. The van der Waals surface area contributed by atoms with E-state index in [1.807, 2.05) is 25.8 Å². The first kappa shape index (κ1) is 20.8. The van der Waals surface area contributed by atoms with E-state index in [-0.39, 0.29) is 5.56 Å². The maximum Gasteiger partial charge on any atom is 0.218 e. The van der Waals surface area contributed by atoms with Gasteiger partial charge in [-0.2, -0.15) is 9.64 Å². The smallest absolute Gasteiger partial charge is 0.218 e. The zero-order valence-corrected chi connectivity index (χ0v) is 17.7. The van der Waals surface area contributed by atoms with E-state index in [1.165, 1.54) is 12.1 Å². The number of hydrogen-bond donors (Lipinski definition) is 0. The molecule has 0 spiro atoms. The summed E-state index contributed by atoms with van der Waals surface area (Å²) in [4.78, 5) is 6.38. The van der Waals surface area contributed by atoms with Crippen molar-refractivity contribution >= 4 is 35.2 Å². The Bertz CT molecular complexity index is 1110. The quantitative estimate of drug-likeness (QED) is 0.347. The second-order valence-electron chi connectivity index (χ2n) is 6.30.